The highest BCUT2D eigenvalue weighted by Gasteiger charge is 2.31. The minimum Gasteiger partial charge on any atom is -0.444 e. The van der Waals surface area contributed by atoms with Crippen molar-refractivity contribution in [2.24, 2.45) is 0 Å². The third-order valence-corrected chi connectivity index (χ3v) is 4.39. The zero-order valence-corrected chi connectivity index (χ0v) is 13.5. The lowest BCUT2D eigenvalue weighted by molar-refractivity contribution is -0.121. The van der Waals surface area contributed by atoms with Gasteiger partial charge < -0.3 is 14.8 Å². The molecule has 1 aliphatic rings. The van der Waals surface area contributed by atoms with Gasteiger partial charge in [0.2, 0.25) is 11.8 Å². The summed E-state index contributed by atoms with van der Waals surface area (Å²) in [7, 11) is 0. The smallest absolute Gasteiger partial charge is 0.226 e. The molecule has 0 aliphatic heterocycles. The van der Waals surface area contributed by atoms with E-state index in [4.69, 9.17) is 16.0 Å². The Kier molecular flexibility index (Phi) is 4.68. The number of amides is 1. The molecule has 0 bridgehead atoms. The Bertz CT molecular complexity index is 675. The van der Waals surface area contributed by atoms with Crippen LogP contribution in [0.3, 0.4) is 0 Å². The summed E-state index contributed by atoms with van der Waals surface area (Å²) in [6.45, 7) is 0.299. The van der Waals surface area contributed by atoms with Crippen LogP contribution >= 0.6 is 11.6 Å². The van der Waals surface area contributed by atoms with Gasteiger partial charge in [0, 0.05) is 17.1 Å². The number of nitrogens with zero attached hydrogens (tertiary/aromatic N) is 1. The van der Waals surface area contributed by atoms with Crippen molar-refractivity contribution in [3.63, 3.8) is 0 Å². The van der Waals surface area contributed by atoms with Crippen molar-refractivity contribution in [1.82, 2.24) is 10.3 Å². The van der Waals surface area contributed by atoms with E-state index in [1.54, 1.807) is 12.1 Å². The van der Waals surface area contributed by atoms with Gasteiger partial charge in [0.1, 0.15) is 6.26 Å². The van der Waals surface area contributed by atoms with Gasteiger partial charge in [-0.1, -0.05) is 24.4 Å². The van der Waals surface area contributed by atoms with Crippen LogP contribution in [0.4, 0.5) is 0 Å². The minimum atomic E-state index is -0.742. The number of hydrogen-bond donors (Lipinski definition) is 2. The van der Waals surface area contributed by atoms with Crippen molar-refractivity contribution in [2.75, 3.05) is 6.54 Å². The number of rotatable bonds is 5. The van der Waals surface area contributed by atoms with E-state index in [0.29, 0.717) is 23.2 Å². The molecule has 0 atom stereocenters. The average molecular weight is 335 g/mol. The fourth-order valence-corrected chi connectivity index (χ4v) is 2.94. The monoisotopic (exact) mass is 334 g/mol. The summed E-state index contributed by atoms with van der Waals surface area (Å²) in [5.41, 5.74) is 0.626. The van der Waals surface area contributed by atoms with Crippen LogP contribution in [0.15, 0.2) is 34.9 Å². The third-order valence-electron chi connectivity index (χ3n) is 4.13. The van der Waals surface area contributed by atoms with Gasteiger partial charge in [-0.15, -0.1) is 0 Å². The SMILES string of the molecule is O=C(Cc1coc(-c2ccc(Cl)cc2)n1)NCC1(O)CCCC1. The lowest BCUT2D eigenvalue weighted by atomic mass is 10.0. The van der Waals surface area contributed by atoms with Crippen LogP contribution in [0, 0.1) is 0 Å². The van der Waals surface area contributed by atoms with Gasteiger partial charge in [-0.2, -0.15) is 0 Å². The number of carbonyl (C=O) groups is 1. The molecule has 5 nitrogen and oxygen atoms in total. The molecule has 1 amide bonds. The molecule has 2 aromatic rings. The molecule has 0 radical (unpaired) electrons. The van der Waals surface area contributed by atoms with E-state index < -0.39 is 5.60 Å². The third kappa shape index (κ3) is 4.12. The van der Waals surface area contributed by atoms with Gasteiger partial charge in [-0.05, 0) is 37.1 Å². The summed E-state index contributed by atoms with van der Waals surface area (Å²) < 4.78 is 5.41. The number of halogens is 1. The van der Waals surface area contributed by atoms with E-state index >= 15 is 0 Å². The van der Waals surface area contributed by atoms with Crippen molar-refractivity contribution in [2.45, 2.75) is 37.7 Å². The fourth-order valence-electron chi connectivity index (χ4n) is 2.81. The lowest BCUT2D eigenvalue weighted by Crippen LogP contribution is -2.41. The molecule has 1 aromatic carbocycles. The van der Waals surface area contributed by atoms with E-state index in [2.05, 4.69) is 10.3 Å². The van der Waals surface area contributed by atoms with Crippen LogP contribution in [-0.4, -0.2) is 28.1 Å². The number of benzene rings is 1. The number of oxazole rings is 1. The summed E-state index contributed by atoms with van der Waals surface area (Å²) in [6.07, 6.45) is 5.14. The highest BCUT2D eigenvalue weighted by molar-refractivity contribution is 6.30. The molecule has 0 spiro atoms. The predicted molar refractivity (Wildman–Crippen MR) is 87.1 cm³/mol. The summed E-state index contributed by atoms with van der Waals surface area (Å²) >= 11 is 5.85. The molecular weight excluding hydrogens is 316 g/mol. The zero-order chi connectivity index (χ0) is 16.3. The van der Waals surface area contributed by atoms with Crippen LogP contribution in [0.2, 0.25) is 5.02 Å². The predicted octanol–water partition coefficient (Wildman–Crippen LogP) is 2.96. The second-order valence-electron chi connectivity index (χ2n) is 6.04. The van der Waals surface area contributed by atoms with E-state index in [1.807, 2.05) is 12.1 Å². The van der Waals surface area contributed by atoms with Gasteiger partial charge in [0.05, 0.1) is 17.7 Å². The summed E-state index contributed by atoms with van der Waals surface area (Å²) in [4.78, 5) is 16.3. The first-order valence-electron chi connectivity index (χ1n) is 7.74. The van der Waals surface area contributed by atoms with Gasteiger partial charge >= 0.3 is 0 Å². The number of aromatic nitrogens is 1. The van der Waals surface area contributed by atoms with Crippen molar-refractivity contribution >= 4 is 17.5 Å². The van der Waals surface area contributed by atoms with Crippen LogP contribution < -0.4 is 5.32 Å². The summed E-state index contributed by atoms with van der Waals surface area (Å²) in [5, 5.41) is 13.6. The van der Waals surface area contributed by atoms with Gasteiger partial charge in [0.25, 0.3) is 0 Å². The first kappa shape index (κ1) is 16.0. The largest absolute Gasteiger partial charge is 0.444 e. The second-order valence-corrected chi connectivity index (χ2v) is 6.47. The van der Waals surface area contributed by atoms with E-state index in [-0.39, 0.29) is 12.3 Å². The summed E-state index contributed by atoms with van der Waals surface area (Å²) in [5.74, 6) is 0.292. The fraction of sp³-hybridized carbons (Fsp3) is 0.412. The lowest BCUT2D eigenvalue weighted by Gasteiger charge is -2.22. The molecule has 2 N–H and O–H groups in total. The Balaban J connectivity index is 1.56. The maximum absolute atomic E-state index is 12.0. The van der Waals surface area contributed by atoms with Gasteiger partial charge in [-0.25, -0.2) is 4.98 Å². The number of hydrogen-bond acceptors (Lipinski definition) is 4. The molecule has 1 heterocycles. The molecule has 1 fully saturated rings. The maximum Gasteiger partial charge on any atom is 0.226 e. The van der Waals surface area contributed by atoms with E-state index in [1.165, 1.54) is 6.26 Å². The highest BCUT2D eigenvalue weighted by atomic mass is 35.5. The molecule has 0 saturated heterocycles. The van der Waals surface area contributed by atoms with Crippen molar-refractivity contribution in [3.8, 4) is 11.5 Å². The molecule has 3 rings (SSSR count). The normalized spacial score (nSPS) is 16.4. The molecule has 6 heteroatoms. The van der Waals surface area contributed by atoms with Crippen molar-refractivity contribution in [1.29, 1.82) is 0 Å². The van der Waals surface area contributed by atoms with Crippen LogP contribution in [0.25, 0.3) is 11.5 Å². The topological polar surface area (TPSA) is 75.4 Å². The number of nitrogens with one attached hydrogen (secondary N) is 1. The molecular formula is C17H19ClN2O3. The van der Waals surface area contributed by atoms with Crippen LogP contribution in [0.1, 0.15) is 31.4 Å². The number of carbonyl (C=O) groups excluding carboxylic acids is 1. The standard InChI is InChI=1S/C17H19ClN2O3/c18-13-5-3-12(4-6-13)16-20-14(10-23-16)9-15(21)19-11-17(22)7-1-2-8-17/h3-6,10,22H,1-2,7-9,11H2,(H,19,21). The van der Waals surface area contributed by atoms with Crippen molar-refractivity contribution < 1.29 is 14.3 Å². The highest BCUT2D eigenvalue weighted by Crippen LogP contribution is 2.28. The Morgan fingerprint density at radius 2 is 2.00 bits per heavy atom. The molecule has 0 unspecified atom stereocenters. The average Bonchev–Trinajstić information content (AvgIpc) is 3.16. The van der Waals surface area contributed by atoms with Gasteiger partial charge in [-0.3, -0.25) is 4.79 Å². The molecule has 1 aliphatic carbocycles. The summed E-state index contributed by atoms with van der Waals surface area (Å²) in [6, 6.07) is 7.15. The van der Waals surface area contributed by atoms with Crippen LogP contribution in [0.5, 0.6) is 0 Å². The first-order valence-corrected chi connectivity index (χ1v) is 8.11. The zero-order valence-electron chi connectivity index (χ0n) is 12.7. The molecule has 23 heavy (non-hydrogen) atoms. The molecule has 1 aromatic heterocycles. The van der Waals surface area contributed by atoms with Gasteiger partial charge in [0.15, 0.2) is 0 Å². The Labute approximate surface area is 139 Å². The Morgan fingerprint density at radius 3 is 2.70 bits per heavy atom. The first-order chi connectivity index (χ1) is 11.0. The quantitative estimate of drug-likeness (QED) is 0.881. The molecule has 122 valence electrons. The maximum atomic E-state index is 12.0. The molecule has 1 saturated carbocycles. The second kappa shape index (κ2) is 6.72. The Morgan fingerprint density at radius 1 is 1.30 bits per heavy atom. The van der Waals surface area contributed by atoms with E-state index in [0.717, 1.165) is 31.2 Å². The minimum absolute atomic E-state index is 0.132. The van der Waals surface area contributed by atoms with Crippen molar-refractivity contribution in [3.05, 3.63) is 41.2 Å². The van der Waals surface area contributed by atoms with Crippen LogP contribution in [-0.2, 0) is 11.2 Å². The number of aliphatic hydroxyl groups is 1. The van der Waals surface area contributed by atoms with E-state index in [9.17, 15) is 9.90 Å². The Hall–Kier alpha value is -1.85.